The molecule has 0 aromatic heterocycles. The van der Waals surface area contributed by atoms with Gasteiger partial charge in [0.05, 0.1) is 5.60 Å². The second-order valence-corrected chi connectivity index (χ2v) is 9.13. The summed E-state index contributed by atoms with van der Waals surface area (Å²) in [5, 5.41) is 10.9. The predicted octanol–water partition coefficient (Wildman–Crippen LogP) is 4.13. The van der Waals surface area contributed by atoms with Crippen molar-refractivity contribution in [1.82, 2.24) is 0 Å². The number of carbonyl (C=O) groups is 1. The van der Waals surface area contributed by atoms with Gasteiger partial charge in [-0.05, 0) is 86.5 Å². The predicted molar refractivity (Wildman–Crippen MR) is 87.3 cm³/mol. The van der Waals surface area contributed by atoms with Gasteiger partial charge in [0, 0.05) is 6.42 Å². The van der Waals surface area contributed by atoms with Gasteiger partial charge in [0.1, 0.15) is 0 Å². The summed E-state index contributed by atoms with van der Waals surface area (Å²) in [5.74, 6) is 3.86. The van der Waals surface area contributed by atoms with Crippen molar-refractivity contribution in [2.24, 2.45) is 35.0 Å². The van der Waals surface area contributed by atoms with Crippen LogP contribution in [0.4, 0.5) is 0 Å². The molecule has 1 N–H and O–H groups in total. The van der Waals surface area contributed by atoms with Crippen LogP contribution >= 0.6 is 0 Å². The van der Waals surface area contributed by atoms with Crippen molar-refractivity contribution < 1.29 is 9.90 Å². The summed E-state index contributed by atoms with van der Waals surface area (Å²) in [5.41, 5.74) is 1.08. The lowest BCUT2D eigenvalue weighted by Crippen LogP contribution is -2.53. The molecular formula is C20H30O2. The van der Waals surface area contributed by atoms with Crippen LogP contribution < -0.4 is 0 Å². The maximum absolute atomic E-state index is 11.8. The maximum atomic E-state index is 11.8. The SMILES string of the molecule is C[C@@H]1CC2=CC(=O)CCC2[C@H]2CC[C@@]3(C)[C@@H](CC[C@]3(C)O)[C@H]12. The van der Waals surface area contributed by atoms with E-state index in [1.165, 1.54) is 18.4 Å². The van der Waals surface area contributed by atoms with Crippen LogP contribution in [0.2, 0.25) is 0 Å². The Morgan fingerprint density at radius 2 is 1.95 bits per heavy atom. The van der Waals surface area contributed by atoms with E-state index < -0.39 is 5.60 Å². The third-order valence-corrected chi connectivity index (χ3v) is 8.20. The van der Waals surface area contributed by atoms with Crippen LogP contribution in [0.25, 0.3) is 0 Å². The van der Waals surface area contributed by atoms with Gasteiger partial charge in [0.25, 0.3) is 0 Å². The molecule has 122 valence electrons. The number of allylic oxidation sites excluding steroid dienone is 1. The van der Waals surface area contributed by atoms with Crippen LogP contribution in [-0.4, -0.2) is 16.5 Å². The van der Waals surface area contributed by atoms with Gasteiger partial charge >= 0.3 is 0 Å². The molecule has 0 amide bonds. The Labute approximate surface area is 134 Å². The number of fused-ring (bicyclic) bond motifs is 5. The fraction of sp³-hybridized carbons (Fsp3) is 0.850. The lowest BCUT2D eigenvalue weighted by Gasteiger charge is -2.57. The summed E-state index contributed by atoms with van der Waals surface area (Å²) in [6, 6.07) is 0. The number of rotatable bonds is 0. The molecular weight excluding hydrogens is 272 g/mol. The van der Waals surface area contributed by atoms with Gasteiger partial charge in [-0.1, -0.05) is 19.4 Å². The minimum atomic E-state index is -0.485. The molecule has 0 heterocycles. The van der Waals surface area contributed by atoms with Crippen LogP contribution in [0.1, 0.15) is 65.7 Å². The molecule has 7 atom stereocenters. The highest BCUT2D eigenvalue weighted by molar-refractivity contribution is 5.91. The second kappa shape index (κ2) is 4.69. The van der Waals surface area contributed by atoms with E-state index in [4.69, 9.17) is 0 Å². The van der Waals surface area contributed by atoms with Gasteiger partial charge < -0.3 is 5.11 Å². The number of aliphatic hydroxyl groups is 1. The first-order valence-corrected chi connectivity index (χ1v) is 9.29. The third-order valence-electron chi connectivity index (χ3n) is 8.20. The first-order chi connectivity index (χ1) is 10.3. The van der Waals surface area contributed by atoms with Gasteiger partial charge in [-0.25, -0.2) is 0 Å². The van der Waals surface area contributed by atoms with E-state index in [0.717, 1.165) is 43.9 Å². The van der Waals surface area contributed by atoms with Crippen LogP contribution in [0, 0.1) is 35.0 Å². The van der Waals surface area contributed by atoms with Crippen molar-refractivity contribution in [2.75, 3.05) is 0 Å². The molecule has 0 spiro atoms. The zero-order valence-corrected chi connectivity index (χ0v) is 14.3. The Morgan fingerprint density at radius 3 is 2.73 bits per heavy atom. The highest BCUT2D eigenvalue weighted by Gasteiger charge is 2.61. The van der Waals surface area contributed by atoms with E-state index in [9.17, 15) is 9.90 Å². The van der Waals surface area contributed by atoms with Gasteiger partial charge in [0.2, 0.25) is 0 Å². The third kappa shape index (κ3) is 1.85. The molecule has 2 heteroatoms. The average Bonchev–Trinajstić information content (AvgIpc) is 2.69. The average molecular weight is 302 g/mol. The van der Waals surface area contributed by atoms with Crippen LogP contribution in [-0.2, 0) is 4.79 Å². The fourth-order valence-electron chi connectivity index (χ4n) is 6.83. The van der Waals surface area contributed by atoms with E-state index in [1.807, 2.05) is 6.08 Å². The molecule has 4 rings (SSSR count). The summed E-state index contributed by atoms with van der Waals surface area (Å²) in [6.07, 6.45) is 9.51. The molecule has 3 fully saturated rings. The molecule has 22 heavy (non-hydrogen) atoms. The summed E-state index contributed by atoms with van der Waals surface area (Å²) >= 11 is 0. The lowest BCUT2D eigenvalue weighted by molar-refractivity contribution is -0.121. The molecule has 0 aromatic carbocycles. The van der Waals surface area contributed by atoms with Crippen molar-refractivity contribution in [2.45, 2.75) is 71.3 Å². The van der Waals surface area contributed by atoms with E-state index >= 15 is 0 Å². The number of ketones is 1. The van der Waals surface area contributed by atoms with E-state index in [-0.39, 0.29) is 5.41 Å². The zero-order valence-electron chi connectivity index (χ0n) is 14.3. The standard InChI is InChI=1S/C20H30O2/c1-12-10-13-11-14(21)4-5-15(13)16-6-8-19(2)17(18(12)16)7-9-20(19,3)22/h11-12,15-18,22H,4-10H2,1-3H3/t12-,15?,16-,17+,18-,19+,20+/m1/s1. The quantitative estimate of drug-likeness (QED) is 0.730. The summed E-state index contributed by atoms with van der Waals surface area (Å²) in [7, 11) is 0. The van der Waals surface area contributed by atoms with Crippen molar-refractivity contribution in [1.29, 1.82) is 0 Å². The summed E-state index contributed by atoms with van der Waals surface area (Å²) in [4.78, 5) is 11.8. The molecule has 3 saturated carbocycles. The molecule has 4 aliphatic rings. The van der Waals surface area contributed by atoms with Gasteiger partial charge in [-0.15, -0.1) is 0 Å². The molecule has 1 unspecified atom stereocenters. The molecule has 0 aliphatic heterocycles. The summed E-state index contributed by atoms with van der Waals surface area (Å²) in [6.45, 7) is 6.82. The van der Waals surface area contributed by atoms with Crippen LogP contribution in [0.15, 0.2) is 11.6 Å². The van der Waals surface area contributed by atoms with Crippen molar-refractivity contribution >= 4 is 5.78 Å². The van der Waals surface area contributed by atoms with Crippen LogP contribution in [0.5, 0.6) is 0 Å². The molecule has 4 aliphatic carbocycles. The second-order valence-electron chi connectivity index (χ2n) is 9.13. The molecule has 0 radical (unpaired) electrons. The maximum Gasteiger partial charge on any atom is 0.155 e. The molecule has 2 nitrogen and oxygen atoms in total. The first kappa shape index (κ1) is 14.9. The number of hydrogen-bond acceptors (Lipinski definition) is 2. The van der Waals surface area contributed by atoms with E-state index in [0.29, 0.717) is 23.5 Å². The van der Waals surface area contributed by atoms with Gasteiger partial charge in [-0.2, -0.15) is 0 Å². The van der Waals surface area contributed by atoms with Crippen LogP contribution in [0.3, 0.4) is 0 Å². The van der Waals surface area contributed by atoms with E-state index in [1.54, 1.807) is 0 Å². The van der Waals surface area contributed by atoms with Crippen molar-refractivity contribution in [3.05, 3.63) is 11.6 Å². The molecule has 0 bridgehead atoms. The molecule has 0 saturated heterocycles. The lowest BCUT2D eigenvalue weighted by atomic mass is 9.48. The minimum absolute atomic E-state index is 0.105. The zero-order chi connectivity index (χ0) is 15.7. The van der Waals surface area contributed by atoms with Crippen molar-refractivity contribution in [3.63, 3.8) is 0 Å². The molecule has 0 aromatic rings. The Bertz CT molecular complexity index is 532. The highest BCUT2D eigenvalue weighted by atomic mass is 16.3. The highest BCUT2D eigenvalue weighted by Crippen LogP contribution is 2.65. The Morgan fingerprint density at radius 1 is 1.18 bits per heavy atom. The fourth-order valence-corrected chi connectivity index (χ4v) is 6.83. The smallest absolute Gasteiger partial charge is 0.155 e. The summed E-state index contributed by atoms with van der Waals surface area (Å²) < 4.78 is 0. The Hall–Kier alpha value is -0.630. The number of carbonyl (C=O) groups excluding carboxylic acids is 1. The normalized spacial score (nSPS) is 54.3. The Kier molecular flexibility index (Phi) is 3.18. The first-order valence-electron chi connectivity index (χ1n) is 9.29. The topological polar surface area (TPSA) is 37.3 Å². The van der Waals surface area contributed by atoms with E-state index in [2.05, 4.69) is 20.8 Å². The largest absolute Gasteiger partial charge is 0.390 e. The number of hydrogen-bond donors (Lipinski definition) is 1. The van der Waals surface area contributed by atoms with Gasteiger partial charge in [0.15, 0.2) is 5.78 Å². The van der Waals surface area contributed by atoms with Crippen molar-refractivity contribution in [3.8, 4) is 0 Å². The monoisotopic (exact) mass is 302 g/mol. The van der Waals surface area contributed by atoms with Gasteiger partial charge in [-0.3, -0.25) is 4.79 Å². The Balaban J connectivity index is 1.69. The minimum Gasteiger partial charge on any atom is -0.390 e.